The number of nitrogens with one attached hydrogen (secondary N) is 1. The average Bonchev–Trinajstić information content (AvgIpc) is 2.50. The van der Waals surface area contributed by atoms with E-state index >= 15 is 0 Å². The van der Waals surface area contributed by atoms with Crippen LogP contribution in [0.2, 0.25) is 0 Å². The number of piperazine rings is 1. The molecule has 1 atom stereocenters. The van der Waals surface area contributed by atoms with E-state index in [-0.39, 0.29) is 5.91 Å². The SMILES string of the molecule is CC(=O)N1CCN([C@H](C)C(=O)Nc2c(F)cccc2F)CC1. The second kappa shape index (κ2) is 6.83. The summed E-state index contributed by atoms with van der Waals surface area (Å²) in [4.78, 5) is 27.0. The Labute approximate surface area is 127 Å². The van der Waals surface area contributed by atoms with Gasteiger partial charge < -0.3 is 10.2 Å². The molecule has 1 saturated heterocycles. The number of carbonyl (C=O) groups is 2. The first-order valence-corrected chi connectivity index (χ1v) is 7.14. The molecule has 1 fully saturated rings. The molecule has 1 aromatic rings. The van der Waals surface area contributed by atoms with Crippen molar-refractivity contribution in [3.8, 4) is 0 Å². The first-order chi connectivity index (χ1) is 10.4. The highest BCUT2D eigenvalue weighted by Crippen LogP contribution is 2.19. The third-order valence-electron chi connectivity index (χ3n) is 3.90. The summed E-state index contributed by atoms with van der Waals surface area (Å²) in [6.07, 6.45) is 0. The fraction of sp³-hybridized carbons (Fsp3) is 0.467. The maximum absolute atomic E-state index is 13.5. The zero-order valence-electron chi connectivity index (χ0n) is 12.6. The normalized spacial score (nSPS) is 17.2. The van der Waals surface area contributed by atoms with Gasteiger partial charge in [-0.1, -0.05) is 6.07 Å². The van der Waals surface area contributed by atoms with Crippen molar-refractivity contribution < 1.29 is 18.4 Å². The quantitative estimate of drug-likeness (QED) is 0.919. The van der Waals surface area contributed by atoms with Crippen LogP contribution < -0.4 is 5.32 Å². The van der Waals surface area contributed by atoms with Crippen molar-refractivity contribution in [3.05, 3.63) is 29.8 Å². The Morgan fingerprint density at radius 3 is 2.18 bits per heavy atom. The molecular formula is C15H19F2N3O2. The molecule has 0 aromatic heterocycles. The number of carbonyl (C=O) groups excluding carboxylic acids is 2. The summed E-state index contributed by atoms with van der Waals surface area (Å²) >= 11 is 0. The summed E-state index contributed by atoms with van der Waals surface area (Å²) in [6.45, 7) is 5.37. The summed E-state index contributed by atoms with van der Waals surface area (Å²) in [7, 11) is 0. The van der Waals surface area contributed by atoms with Gasteiger partial charge in [0, 0.05) is 33.1 Å². The summed E-state index contributed by atoms with van der Waals surface area (Å²) in [6, 6.07) is 2.89. The Morgan fingerprint density at radius 1 is 1.14 bits per heavy atom. The number of rotatable bonds is 3. The van der Waals surface area contributed by atoms with Crippen LogP contribution in [0, 0.1) is 11.6 Å². The van der Waals surface area contributed by atoms with E-state index in [1.54, 1.807) is 11.8 Å². The van der Waals surface area contributed by atoms with Gasteiger partial charge in [-0.3, -0.25) is 14.5 Å². The minimum absolute atomic E-state index is 0.00480. The summed E-state index contributed by atoms with van der Waals surface area (Å²) in [5.41, 5.74) is -0.429. The van der Waals surface area contributed by atoms with E-state index in [0.717, 1.165) is 12.1 Å². The largest absolute Gasteiger partial charge is 0.340 e. The van der Waals surface area contributed by atoms with Gasteiger partial charge in [0.25, 0.3) is 0 Å². The van der Waals surface area contributed by atoms with Crippen molar-refractivity contribution in [2.75, 3.05) is 31.5 Å². The minimum atomic E-state index is -0.804. The Bertz CT molecular complexity index is 552. The van der Waals surface area contributed by atoms with Crippen molar-refractivity contribution in [1.29, 1.82) is 0 Å². The van der Waals surface area contributed by atoms with Gasteiger partial charge in [-0.05, 0) is 19.1 Å². The van der Waals surface area contributed by atoms with Crippen molar-refractivity contribution in [2.45, 2.75) is 19.9 Å². The lowest BCUT2D eigenvalue weighted by atomic mass is 10.2. The van der Waals surface area contributed by atoms with Gasteiger partial charge in [-0.25, -0.2) is 8.78 Å². The van der Waals surface area contributed by atoms with Crippen molar-refractivity contribution in [3.63, 3.8) is 0 Å². The zero-order chi connectivity index (χ0) is 16.3. The lowest BCUT2D eigenvalue weighted by Gasteiger charge is -2.37. The number of anilines is 1. The molecule has 0 aliphatic carbocycles. The van der Waals surface area contributed by atoms with Gasteiger partial charge in [0.15, 0.2) is 0 Å². The van der Waals surface area contributed by atoms with Crippen molar-refractivity contribution in [2.24, 2.45) is 0 Å². The molecule has 0 spiro atoms. The van der Waals surface area contributed by atoms with Crippen LogP contribution in [0.4, 0.5) is 14.5 Å². The van der Waals surface area contributed by atoms with Gasteiger partial charge in [-0.15, -0.1) is 0 Å². The summed E-state index contributed by atoms with van der Waals surface area (Å²) in [5, 5.41) is 2.30. The molecule has 1 aliphatic rings. The van der Waals surface area contributed by atoms with E-state index in [9.17, 15) is 18.4 Å². The Morgan fingerprint density at radius 2 is 1.68 bits per heavy atom. The Hall–Kier alpha value is -2.02. The highest BCUT2D eigenvalue weighted by molar-refractivity contribution is 5.94. The van der Waals surface area contributed by atoms with E-state index in [4.69, 9.17) is 0 Å². The molecule has 22 heavy (non-hydrogen) atoms. The fourth-order valence-corrected chi connectivity index (χ4v) is 2.43. The number of para-hydroxylation sites is 1. The Kier molecular flexibility index (Phi) is 5.07. The first-order valence-electron chi connectivity index (χ1n) is 7.14. The smallest absolute Gasteiger partial charge is 0.241 e. The van der Waals surface area contributed by atoms with Crippen LogP contribution >= 0.6 is 0 Å². The average molecular weight is 311 g/mol. The van der Waals surface area contributed by atoms with E-state index in [0.29, 0.717) is 26.2 Å². The van der Waals surface area contributed by atoms with Gasteiger partial charge in [0.1, 0.15) is 17.3 Å². The number of nitrogens with zero attached hydrogens (tertiary/aromatic N) is 2. The van der Waals surface area contributed by atoms with E-state index < -0.39 is 29.3 Å². The zero-order valence-corrected chi connectivity index (χ0v) is 12.6. The van der Waals surface area contributed by atoms with Crippen molar-refractivity contribution in [1.82, 2.24) is 9.80 Å². The lowest BCUT2D eigenvalue weighted by Crippen LogP contribution is -2.53. The van der Waals surface area contributed by atoms with Crippen LogP contribution in [0.5, 0.6) is 0 Å². The van der Waals surface area contributed by atoms with Gasteiger partial charge in [0.05, 0.1) is 6.04 Å². The number of hydrogen-bond acceptors (Lipinski definition) is 3. The van der Waals surface area contributed by atoms with Crippen LogP contribution in [0.1, 0.15) is 13.8 Å². The molecule has 0 unspecified atom stereocenters. The number of benzene rings is 1. The fourth-order valence-electron chi connectivity index (χ4n) is 2.43. The van der Waals surface area contributed by atoms with Crippen LogP contribution in [0.25, 0.3) is 0 Å². The summed E-state index contributed by atoms with van der Waals surface area (Å²) in [5.74, 6) is -2.07. The molecule has 1 aromatic carbocycles. The van der Waals surface area contributed by atoms with Gasteiger partial charge in [0.2, 0.25) is 11.8 Å². The topological polar surface area (TPSA) is 52.7 Å². The molecule has 5 nitrogen and oxygen atoms in total. The monoisotopic (exact) mass is 311 g/mol. The number of amides is 2. The molecule has 7 heteroatoms. The predicted octanol–water partition coefficient (Wildman–Crippen LogP) is 1.46. The molecule has 2 rings (SSSR count). The molecular weight excluding hydrogens is 292 g/mol. The van der Waals surface area contributed by atoms with E-state index in [1.165, 1.54) is 13.0 Å². The molecule has 120 valence electrons. The predicted molar refractivity (Wildman–Crippen MR) is 78.3 cm³/mol. The number of halogens is 2. The first kappa shape index (κ1) is 16.4. The van der Waals surface area contributed by atoms with Crippen LogP contribution in [-0.4, -0.2) is 53.8 Å². The lowest BCUT2D eigenvalue weighted by molar-refractivity contribution is -0.131. The third-order valence-corrected chi connectivity index (χ3v) is 3.90. The molecule has 0 radical (unpaired) electrons. The maximum Gasteiger partial charge on any atom is 0.241 e. The van der Waals surface area contributed by atoms with E-state index in [2.05, 4.69) is 5.32 Å². The second-order valence-electron chi connectivity index (χ2n) is 5.30. The molecule has 1 heterocycles. The van der Waals surface area contributed by atoms with Gasteiger partial charge in [-0.2, -0.15) is 0 Å². The molecule has 1 aliphatic heterocycles. The Balaban J connectivity index is 1.97. The second-order valence-corrected chi connectivity index (χ2v) is 5.30. The van der Waals surface area contributed by atoms with Crippen LogP contribution in [0.15, 0.2) is 18.2 Å². The highest BCUT2D eigenvalue weighted by Gasteiger charge is 2.27. The van der Waals surface area contributed by atoms with E-state index in [1.807, 2.05) is 4.90 Å². The van der Waals surface area contributed by atoms with Crippen LogP contribution in [0.3, 0.4) is 0 Å². The molecule has 0 saturated carbocycles. The molecule has 1 N–H and O–H groups in total. The van der Waals surface area contributed by atoms with Gasteiger partial charge >= 0.3 is 0 Å². The van der Waals surface area contributed by atoms with Crippen molar-refractivity contribution >= 4 is 17.5 Å². The molecule has 2 amide bonds. The number of hydrogen-bond donors (Lipinski definition) is 1. The third kappa shape index (κ3) is 3.59. The molecule has 0 bridgehead atoms. The minimum Gasteiger partial charge on any atom is -0.340 e. The highest BCUT2D eigenvalue weighted by atomic mass is 19.1. The maximum atomic E-state index is 13.5. The summed E-state index contributed by atoms with van der Waals surface area (Å²) < 4.78 is 27.1. The van der Waals surface area contributed by atoms with Crippen LogP contribution in [-0.2, 0) is 9.59 Å². The standard InChI is InChI=1S/C15H19F2N3O2/c1-10(19-6-8-20(9-7-19)11(2)21)15(22)18-14-12(16)4-3-5-13(14)17/h3-5,10H,6-9H2,1-2H3,(H,18,22)/t10-/m1/s1.